The van der Waals surface area contributed by atoms with E-state index in [0.29, 0.717) is 11.8 Å². The Morgan fingerprint density at radius 3 is 2.87 bits per heavy atom. The molecule has 1 rings (SSSR count). The third-order valence-corrected chi connectivity index (χ3v) is 1.68. The van der Waals surface area contributed by atoms with Gasteiger partial charge in [-0.2, -0.15) is 0 Å². The molecule has 1 amide bonds. The Balaban J connectivity index is 2.98. The number of phenolic OH excluding ortho intramolecular Hbond substituents is 1. The van der Waals surface area contributed by atoms with E-state index in [2.05, 4.69) is 11.8 Å². The topological polar surface area (TPSA) is 80.4 Å². The molecule has 0 aromatic heterocycles. The fourth-order valence-corrected chi connectivity index (χ4v) is 0.984. The number of benzene rings is 1. The molecule has 0 aliphatic carbocycles. The molecule has 0 radical (unpaired) electrons. The second-order valence-corrected chi connectivity index (χ2v) is 2.81. The number of nitrogens with two attached hydrogens (primary N) is 1. The molecule has 1 aromatic rings. The van der Waals surface area contributed by atoms with Gasteiger partial charge in [-0.05, 0) is 12.1 Å². The maximum Gasteiger partial charge on any atom is 0.229 e. The van der Waals surface area contributed by atoms with E-state index >= 15 is 0 Å². The van der Waals surface area contributed by atoms with E-state index in [9.17, 15) is 14.7 Å². The quantitative estimate of drug-likeness (QED) is 0.540. The van der Waals surface area contributed by atoms with E-state index in [1.165, 1.54) is 6.07 Å². The van der Waals surface area contributed by atoms with Crippen molar-refractivity contribution in [3.8, 4) is 17.6 Å². The van der Waals surface area contributed by atoms with Crippen LogP contribution in [0.2, 0.25) is 0 Å². The van der Waals surface area contributed by atoms with Gasteiger partial charge in [0.2, 0.25) is 5.91 Å². The highest BCUT2D eigenvalue weighted by Crippen LogP contribution is 2.19. The van der Waals surface area contributed by atoms with Crippen molar-refractivity contribution in [2.24, 2.45) is 5.73 Å². The highest BCUT2D eigenvalue weighted by Gasteiger charge is 2.02. The molecule has 0 heterocycles. The maximum absolute atomic E-state index is 10.5. The fourth-order valence-electron chi connectivity index (χ4n) is 0.984. The SMILES string of the molecule is NC(=O)CC#Cc1cccc(C=O)c1O. The van der Waals surface area contributed by atoms with Gasteiger partial charge in [-0.1, -0.05) is 17.9 Å². The molecule has 0 fully saturated rings. The van der Waals surface area contributed by atoms with Crippen molar-refractivity contribution in [3.05, 3.63) is 29.3 Å². The van der Waals surface area contributed by atoms with Crippen LogP contribution in [0.5, 0.6) is 5.75 Å². The van der Waals surface area contributed by atoms with Gasteiger partial charge in [-0.15, -0.1) is 0 Å². The summed E-state index contributed by atoms with van der Waals surface area (Å²) in [6, 6.07) is 4.62. The van der Waals surface area contributed by atoms with Crippen molar-refractivity contribution < 1.29 is 14.7 Å². The number of carbonyl (C=O) groups excluding carboxylic acids is 2. The molecule has 4 nitrogen and oxygen atoms in total. The summed E-state index contributed by atoms with van der Waals surface area (Å²) in [6.45, 7) is 0. The third-order valence-electron chi connectivity index (χ3n) is 1.68. The summed E-state index contributed by atoms with van der Waals surface area (Å²) < 4.78 is 0. The zero-order chi connectivity index (χ0) is 11.3. The molecule has 15 heavy (non-hydrogen) atoms. The van der Waals surface area contributed by atoms with Crippen LogP contribution in [0.3, 0.4) is 0 Å². The highest BCUT2D eigenvalue weighted by atomic mass is 16.3. The van der Waals surface area contributed by atoms with Gasteiger partial charge in [0.05, 0.1) is 17.5 Å². The van der Waals surface area contributed by atoms with Gasteiger partial charge in [0, 0.05) is 0 Å². The Labute approximate surface area is 86.7 Å². The average Bonchev–Trinajstić information content (AvgIpc) is 2.20. The van der Waals surface area contributed by atoms with Crippen LogP contribution in [0, 0.1) is 11.8 Å². The van der Waals surface area contributed by atoms with Crippen molar-refractivity contribution in [1.29, 1.82) is 0 Å². The van der Waals surface area contributed by atoms with E-state index in [-0.39, 0.29) is 17.7 Å². The van der Waals surface area contributed by atoms with Crippen LogP contribution >= 0.6 is 0 Å². The first-order valence-electron chi connectivity index (χ1n) is 4.19. The van der Waals surface area contributed by atoms with Gasteiger partial charge in [-0.3, -0.25) is 9.59 Å². The number of primary amides is 1. The first-order chi connectivity index (χ1) is 7.15. The van der Waals surface area contributed by atoms with Gasteiger partial charge >= 0.3 is 0 Å². The Kier molecular flexibility index (Phi) is 3.47. The largest absolute Gasteiger partial charge is 0.506 e. The summed E-state index contributed by atoms with van der Waals surface area (Å²) in [4.78, 5) is 20.9. The number of rotatable bonds is 2. The minimum absolute atomic E-state index is 0.0786. The molecule has 0 aliphatic rings. The van der Waals surface area contributed by atoms with Crippen LogP contribution < -0.4 is 5.73 Å². The summed E-state index contributed by atoms with van der Waals surface area (Å²) in [5.74, 6) is 4.34. The lowest BCUT2D eigenvalue weighted by Gasteiger charge is -1.98. The zero-order valence-corrected chi connectivity index (χ0v) is 7.86. The summed E-state index contributed by atoms with van der Waals surface area (Å²) in [5, 5.41) is 9.50. The highest BCUT2D eigenvalue weighted by molar-refractivity contribution is 5.81. The molecule has 76 valence electrons. The van der Waals surface area contributed by atoms with Crippen molar-refractivity contribution in [2.45, 2.75) is 6.42 Å². The summed E-state index contributed by atoms with van der Waals surface area (Å²) in [5.41, 5.74) is 5.36. The first-order valence-corrected chi connectivity index (χ1v) is 4.19. The minimum Gasteiger partial charge on any atom is -0.506 e. The molecule has 0 bridgehead atoms. The molecule has 0 saturated heterocycles. The summed E-state index contributed by atoms with van der Waals surface area (Å²) in [6.07, 6.45) is 0.458. The second kappa shape index (κ2) is 4.82. The molecule has 0 saturated carbocycles. The van der Waals surface area contributed by atoms with Crippen LogP contribution in [0.25, 0.3) is 0 Å². The van der Waals surface area contributed by atoms with Crippen LogP contribution in [-0.4, -0.2) is 17.3 Å². The molecule has 4 heteroatoms. The lowest BCUT2D eigenvalue weighted by molar-refractivity contribution is -0.117. The van der Waals surface area contributed by atoms with E-state index in [1.54, 1.807) is 12.1 Å². The number of hydrogen-bond acceptors (Lipinski definition) is 3. The maximum atomic E-state index is 10.5. The standard InChI is InChI=1S/C11H9NO3/c12-10(14)6-2-4-8-3-1-5-9(7-13)11(8)15/h1,3,5,7,15H,6H2,(H2,12,14). The van der Waals surface area contributed by atoms with Crippen molar-refractivity contribution in [2.75, 3.05) is 0 Å². The van der Waals surface area contributed by atoms with Crippen LogP contribution in [0.4, 0.5) is 0 Å². The van der Waals surface area contributed by atoms with E-state index in [0.717, 1.165) is 0 Å². The normalized spacial score (nSPS) is 8.80. The van der Waals surface area contributed by atoms with Gasteiger partial charge < -0.3 is 10.8 Å². The first kappa shape index (κ1) is 10.8. The lowest BCUT2D eigenvalue weighted by atomic mass is 10.1. The third kappa shape index (κ3) is 2.85. The Hall–Kier alpha value is -2.28. The molecule has 3 N–H and O–H groups in total. The smallest absolute Gasteiger partial charge is 0.229 e. The molecule has 1 aromatic carbocycles. The number of aromatic hydroxyl groups is 1. The number of amides is 1. The van der Waals surface area contributed by atoms with E-state index < -0.39 is 5.91 Å². The molecular formula is C11H9NO3. The second-order valence-electron chi connectivity index (χ2n) is 2.81. The van der Waals surface area contributed by atoms with Crippen LogP contribution in [0.1, 0.15) is 22.3 Å². The van der Waals surface area contributed by atoms with Gasteiger partial charge in [0.15, 0.2) is 6.29 Å². The van der Waals surface area contributed by atoms with Crippen LogP contribution in [0.15, 0.2) is 18.2 Å². The number of para-hydroxylation sites is 1. The Morgan fingerprint density at radius 1 is 1.53 bits per heavy atom. The summed E-state index contributed by atoms with van der Waals surface area (Å²) in [7, 11) is 0. The minimum atomic E-state index is -0.534. The van der Waals surface area contributed by atoms with E-state index in [4.69, 9.17) is 5.73 Å². The fraction of sp³-hybridized carbons (Fsp3) is 0.0909. The van der Waals surface area contributed by atoms with Crippen molar-refractivity contribution in [1.82, 2.24) is 0 Å². The molecule has 0 unspecified atom stereocenters. The number of phenols is 1. The monoisotopic (exact) mass is 203 g/mol. The van der Waals surface area contributed by atoms with Gasteiger partial charge in [-0.25, -0.2) is 0 Å². The summed E-state index contributed by atoms with van der Waals surface area (Å²) >= 11 is 0. The predicted octanol–water partition coefficient (Wildman–Crippen LogP) is 0.432. The lowest BCUT2D eigenvalue weighted by Crippen LogP contribution is -2.08. The van der Waals surface area contributed by atoms with Gasteiger partial charge in [0.1, 0.15) is 5.75 Å². The van der Waals surface area contributed by atoms with Crippen molar-refractivity contribution >= 4 is 12.2 Å². The molecule has 0 atom stereocenters. The van der Waals surface area contributed by atoms with Crippen LogP contribution in [-0.2, 0) is 4.79 Å². The Morgan fingerprint density at radius 2 is 2.27 bits per heavy atom. The number of aldehydes is 1. The zero-order valence-electron chi connectivity index (χ0n) is 7.86. The van der Waals surface area contributed by atoms with E-state index in [1.807, 2.05) is 0 Å². The predicted molar refractivity (Wildman–Crippen MR) is 54.2 cm³/mol. The Bertz CT molecular complexity index is 455. The number of carbonyl (C=O) groups is 2. The van der Waals surface area contributed by atoms with Crippen molar-refractivity contribution in [3.63, 3.8) is 0 Å². The molecule has 0 aliphatic heterocycles. The molecule has 0 spiro atoms. The number of hydrogen-bond donors (Lipinski definition) is 2. The average molecular weight is 203 g/mol. The van der Waals surface area contributed by atoms with Gasteiger partial charge in [0.25, 0.3) is 0 Å². The molecular weight excluding hydrogens is 194 g/mol.